The third-order valence-electron chi connectivity index (χ3n) is 3.44. The van der Waals surface area contributed by atoms with Gasteiger partial charge in [-0.2, -0.15) is 0 Å². The van der Waals surface area contributed by atoms with E-state index in [0.717, 1.165) is 24.2 Å². The number of benzene rings is 1. The molecule has 0 amide bonds. The smallest absolute Gasteiger partial charge is 0.115 e. The molecule has 1 aromatic rings. The van der Waals surface area contributed by atoms with Crippen molar-refractivity contribution in [2.75, 3.05) is 19.7 Å². The van der Waals surface area contributed by atoms with Crippen LogP contribution in [0.25, 0.3) is 0 Å². The SMILES string of the molecule is Cc1cc(O)ccc1CN1CC(O)C(CO)C1. The van der Waals surface area contributed by atoms with Gasteiger partial charge in [0.05, 0.1) is 6.10 Å². The predicted molar refractivity (Wildman–Crippen MR) is 64.7 cm³/mol. The van der Waals surface area contributed by atoms with Crippen LogP contribution >= 0.6 is 0 Å². The van der Waals surface area contributed by atoms with Crippen LogP contribution in [0.1, 0.15) is 11.1 Å². The number of hydrogen-bond acceptors (Lipinski definition) is 4. The minimum absolute atomic E-state index is 0.0340. The quantitative estimate of drug-likeness (QED) is 0.715. The number of aliphatic hydroxyl groups excluding tert-OH is 2. The maximum Gasteiger partial charge on any atom is 0.115 e. The summed E-state index contributed by atoms with van der Waals surface area (Å²) in [6.45, 7) is 4.07. The molecule has 2 atom stereocenters. The van der Waals surface area contributed by atoms with E-state index in [-0.39, 0.29) is 18.3 Å². The third-order valence-corrected chi connectivity index (χ3v) is 3.44. The number of nitrogens with zero attached hydrogens (tertiary/aromatic N) is 1. The van der Waals surface area contributed by atoms with Crippen molar-refractivity contribution >= 4 is 0 Å². The number of rotatable bonds is 3. The van der Waals surface area contributed by atoms with Crippen molar-refractivity contribution in [1.82, 2.24) is 4.90 Å². The number of β-amino-alcohol motifs (C(OH)–C–C–N with tert-alkyl or cyclic N) is 1. The molecule has 4 nitrogen and oxygen atoms in total. The average Bonchev–Trinajstić information content (AvgIpc) is 2.63. The summed E-state index contributed by atoms with van der Waals surface area (Å²) in [5.74, 6) is 0.244. The molecule has 0 bridgehead atoms. The van der Waals surface area contributed by atoms with Crippen LogP contribution in [-0.2, 0) is 6.54 Å². The summed E-state index contributed by atoms with van der Waals surface area (Å²) in [6.07, 6.45) is -0.433. The summed E-state index contributed by atoms with van der Waals surface area (Å²) in [5.41, 5.74) is 2.19. The molecule has 0 saturated carbocycles. The molecule has 94 valence electrons. The monoisotopic (exact) mass is 237 g/mol. The molecule has 0 spiro atoms. The van der Waals surface area contributed by atoms with Crippen molar-refractivity contribution in [3.63, 3.8) is 0 Å². The molecule has 4 heteroatoms. The van der Waals surface area contributed by atoms with E-state index in [9.17, 15) is 10.2 Å². The van der Waals surface area contributed by atoms with Gasteiger partial charge in [-0.1, -0.05) is 6.07 Å². The Kier molecular flexibility index (Phi) is 3.66. The fourth-order valence-electron chi connectivity index (χ4n) is 2.35. The van der Waals surface area contributed by atoms with Crippen LogP contribution in [0.2, 0.25) is 0 Å². The highest BCUT2D eigenvalue weighted by molar-refractivity contribution is 5.33. The average molecular weight is 237 g/mol. The zero-order valence-corrected chi connectivity index (χ0v) is 10.0. The number of aryl methyl sites for hydroxylation is 1. The first-order valence-corrected chi connectivity index (χ1v) is 5.90. The maximum absolute atomic E-state index is 9.71. The normalized spacial score (nSPS) is 25.4. The molecule has 17 heavy (non-hydrogen) atoms. The van der Waals surface area contributed by atoms with Crippen LogP contribution in [-0.4, -0.2) is 46.0 Å². The predicted octanol–water partition coefficient (Wildman–Crippen LogP) is 0.486. The fraction of sp³-hybridized carbons (Fsp3) is 0.538. The van der Waals surface area contributed by atoms with Crippen LogP contribution in [0.15, 0.2) is 18.2 Å². The first-order valence-electron chi connectivity index (χ1n) is 5.90. The number of hydrogen-bond donors (Lipinski definition) is 3. The molecular weight excluding hydrogens is 218 g/mol. The van der Waals surface area contributed by atoms with Crippen molar-refractivity contribution in [3.05, 3.63) is 29.3 Å². The van der Waals surface area contributed by atoms with Gasteiger partial charge in [-0.3, -0.25) is 4.90 Å². The van der Waals surface area contributed by atoms with E-state index in [1.807, 2.05) is 13.0 Å². The van der Waals surface area contributed by atoms with Crippen molar-refractivity contribution in [1.29, 1.82) is 0 Å². The Morgan fingerprint density at radius 1 is 1.35 bits per heavy atom. The Hall–Kier alpha value is -1.10. The molecule has 2 unspecified atom stereocenters. The van der Waals surface area contributed by atoms with Gasteiger partial charge in [-0.05, 0) is 30.2 Å². The second-order valence-corrected chi connectivity index (χ2v) is 4.81. The van der Waals surface area contributed by atoms with E-state index in [1.54, 1.807) is 12.1 Å². The van der Waals surface area contributed by atoms with Gasteiger partial charge >= 0.3 is 0 Å². The molecule has 0 radical (unpaired) electrons. The Morgan fingerprint density at radius 3 is 2.71 bits per heavy atom. The van der Waals surface area contributed by atoms with Crippen LogP contribution in [0.5, 0.6) is 5.75 Å². The van der Waals surface area contributed by atoms with Crippen molar-refractivity contribution in [2.45, 2.75) is 19.6 Å². The van der Waals surface area contributed by atoms with Gasteiger partial charge in [-0.15, -0.1) is 0 Å². The molecule has 1 fully saturated rings. The molecular formula is C13H19NO3. The second-order valence-electron chi connectivity index (χ2n) is 4.81. The molecule has 3 N–H and O–H groups in total. The summed E-state index contributed by atoms with van der Waals surface area (Å²) >= 11 is 0. The zero-order chi connectivity index (χ0) is 12.4. The van der Waals surface area contributed by atoms with E-state index in [1.165, 1.54) is 0 Å². The zero-order valence-electron chi connectivity index (χ0n) is 10.0. The number of aliphatic hydroxyl groups is 2. The summed E-state index contributed by atoms with van der Waals surface area (Å²) in [5, 5.41) is 28.1. The Morgan fingerprint density at radius 2 is 2.12 bits per heavy atom. The number of phenolic OH excluding ortho intramolecular Hbond substituents is 1. The Balaban J connectivity index is 2.02. The molecule has 1 saturated heterocycles. The van der Waals surface area contributed by atoms with Gasteiger partial charge in [0.2, 0.25) is 0 Å². The fourth-order valence-corrected chi connectivity index (χ4v) is 2.35. The molecule has 0 aromatic heterocycles. The largest absolute Gasteiger partial charge is 0.508 e. The van der Waals surface area contributed by atoms with Gasteiger partial charge in [0.15, 0.2) is 0 Å². The molecule has 1 aliphatic heterocycles. The summed E-state index contributed by atoms with van der Waals surface area (Å²) in [7, 11) is 0. The van der Waals surface area contributed by atoms with E-state index in [2.05, 4.69) is 4.90 Å². The highest BCUT2D eigenvalue weighted by atomic mass is 16.3. The van der Waals surface area contributed by atoms with E-state index in [0.29, 0.717) is 6.54 Å². The minimum Gasteiger partial charge on any atom is -0.508 e. The van der Waals surface area contributed by atoms with Crippen LogP contribution in [0, 0.1) is 12.8 Å². The minimum atomic E-state index is -0.433. The summed E-state index contributed by atoms with van der Waals surface area (Å²) in [4.78, 5) is 2.13. The van der Waals surface area contributed by atoms with Gasteiger partial charge < -0.3 is 15.3 Å². The van der Waals surface area contributed by atoms with Crippen molar-refractivity contribution in [2.24, 2.45) is 5.92 Å². The number of phenols is 1. The first kappa shape index (κ1) is 12.4. The van der Waals surface area contributed by atoms with Crippen molar-refractivity contribution < 1.29 is 15.3 Å². The highest BCUT2D eigenvalue weighted by Crippen LogP contribution is 2.22. The van der Waals surface area contributed by atoms with Gasteiger partial charge in [-0.25, -0.2) is 0 Å². The van der Waals surface area contributed by atoms with Crippen LogP contribution in [0.3, 0.4) is 0 Å². The lowest BCUT2D eigenvalue weighted by atomic mass is 10.1. The molecule has 1 aromatic carbocycles. The first-order chi connectivity index (χ1) is 8.10. The molecule has 1 aliphatic rings. The lowest BCUT2D eigenvalue weighted by Crippen LogP contribution is -2.21. The number of aromatic hydroxyl groups is 1. The van der Waals surface area contributed by atoms with Crippen LogP contribution < -0.4 is 0 Å². The lowest BCUT2D eigenvalue weighted by Gasteiger charge is -2.16. The van der Waals surface area contributed by atoms with E-state index < -0.39 is 6.10 Å². The van der Waals surface area contributed by atoms with Gasteiger partial charge in [0.1, 0.15) is 5.75 Å². The lowest BCUT2D eigenvalue weighted by molar-refractivity contribution is 0.103. The molecule has 1 heterocycles. The van der Waals surface area contributed by atoms with E-state index >= 15 is 0 Å². The maximum atomic E-state index is 9.71. The standard InChI is InChI=1S/C13H19NO3/c1-9-4-12(16)3-2-10(9)5-14-6-11(8-15)13(17)7-14/h2-4,11,13,15-17H,5-8H2,1H3. The number of likely N-dealkylation sites (tertiary alicyclic amines) is 1. The van der Waals surface area contributed by atoms with Gasteiger partial charge in [0.25, 0.3) is 0 Å². The van der Waals surface area contributed by atoms with Crippen LogP contribution in [0.4, 0.5) is 0 Å². The van der Waals surface area contributed by atoms with Crippen molar-refractivity contribution in [3.8, 4) is 5.75 Å². The summed E-state index contributed by atoms with van der Waals surface area (Å²) in [6, 6.07) is 5.33. The topological polar surface area (TPSA) is 63.9 Å². The molecule has 2 rings (SSSR count). The highest BCUT2D eigenvalue weighted by Gasteiger charge is 2.30. The Labute approximate surface area is 101 Å². The Bertz CT molecular complexity index is 394. The second kappa shape index (κ2) is 5.04. The summed E-state index contributed by atoms with van der Waals surface area (Å²) < 4.78 is 0. The third kappa shape index (κ3) is 2.77. The van der Waals surface area contributed by atoms with E-state index in [4.69, 9.17) is 5.11 Å². The van der Waals surface area contributed by atoms with Gasteiger partial charge in [0, 0.05) is 32.2 Å². The molecule has 0 aliphatic carbocycles.